The van der Waals surface area contributed by atoms with Crippen molar-refractivity contribution in [2.45, 2.75) is 26.4 Å². The molecule has 5 heteroatoms. The summed E-state index contributed by atoms with van der Waals surface area (Å²) in [5.74, 6) is -0.884. The molecule has 4 nitrogen and oxygen atoms in total. The normalized spacial score (nSPS) is 14.9. The summed E-state index contributed by atoms with van der Waals surface area (Å²) in [5, 5.41) is 0. The van der Waals surface area contributed by atoms with E-state index in [2.05, 4.69) is 0 Å². The fourth-order valence-corrected chi connectivity index (χ4v) is 3.05. The SMILES string of the molecule is Cc1ccc(COC(=O)C2CCN(C(=O)c3ccc(F)cc3)CC2)cc1. The Labute approximate surface area is 152 Å². The summed E-state index contributed by atoms with van der Waals surface area (Å²) in [5.41, 5.74) is 2.60. The number of carbonyl (C=O) groups excluding carboxylic acids is 2. The van der Waals surface area contributed by atoms with Gasteiger partial charge in [-0.2, -0.15) is 0 Å². The number of hydrogen-bond donors (Lipinski definition) is 0. The van der Waals surface area contributed by atoms with Crippen LogP contribution < -0.4 is 0 Å². The van der Waals surface area contributed by atoms with Crippen molar-refractivity contribution in [1.82, 2.24) is 4.90 Å². The third-order valence-electron chi connectivity index (χ3n) is 4.71. The standard InChI is InChI=1S/C21H22FNO3/c1-15-2-4-16(5-3-15)14-26-21(25)18-10-12-23(13-11-18)20(24)17-6-8-19(22)9-7-17/h2-9,18H,10-14H2,1H3. The molecule has 0 bridgehead atoms. The number of aryl methyl sites for hydroxylation is 1. The van der Waals surface area contributed by atoms with Gasteiger partial charge in [-0.15, -0.1) is 0 Å². The predicted octanol–water partition coefficient (Wildman–Crippen LogP) is 3.73. The summed E-state index contributed by atoms with van der Waals surface area (Å²) in [7, 11) is 0. The molecule has 1 aliphatic heterocycles. The average molecular weight is 355 g/mol. The number of piperidine rings is 1. The van der Waals surface area contributed by atoms with Gasteiger partial charge in [0.05, 0.1) is 5.92 Å². The molecule has 1 heterocycles. The zero-order valence-corrected chi connectivity index (χ0v) is 14.8. The van der Waals surface area contributed by atoms with E-state index >= 15 is 0 Å². The van der Waals surface area contributed by atoms with Crippen LogP contribution in [-0.4, -0.2) is 29.9 Å². The molecule has 1 fully saturated rings. The first-order chi connectivity index (χ1) is 12.5. The highest BCUT2D eigenvalue weighted by Crippen LogP contribution is 2.21. The largest absolute Gasteiger partial charge is 0.461 e. The molecule has 0 unspecified atom stereocenters. The second kappa shape index (κ2) is 8.13. The number of esters is 1. The Morgan fingerprint density at radius 3 is 2.27 bits per heavy atom. The van der Waals surface area contributed by atoms with E-state index in [9.17, 15) is 14.0 Å². The molecule has 136 valence electrons. The van der Waals surface area contributed by atoms with Crippen molar-refractivity contribution in [2.75, 3.05) is 13.1 Å². The minimum Gasteiger partial charge on any atom is -0.461 e. The van der Waals surface area contributed by atoms with Crippen molar-refractivity contribution in [3.05, 3.63) is 71.0 Å². The smallest absolute Gasteiger partial charge is 0.309 e. The van der Waals surface area contributed by atoms with Crippen molar-refractivity contribution in [3.8, 4) is 0 Å². The topological polar surface area (TPSA) is 46.6 Å². The van der Waals surface area contributed by atoms with E-state index < -0.39 is 0 Å². The quantitative estimate of drug-likeness (QED) is 0.785. The number of amides is 1. The van der Waals surface area contributed by atoms with E-state index in [1.807, 2.05) is 31.2 Å². The zero-order valence-electron chi connectivity index (χ0n) is 14.8. The Hall–Kier alpha value is -2.69. The summed E-state index contributed by atoms with van der Waals surface area (Å²) < 4.78 is 18.4. The molecule has 0 atom stereocenters. The molecule has 0 spiro atoms. The number of carbonyl (C=O) groups is 2. The highest BCUT2D eigenvalue weighted by Gasteiger charge is 2.28. The lowest BCUT2D eigenvalue weighted by atomic mass is 9.96. The maximum Gasteiger partial charge on any atom is 0.309 e. The molecule has 0 radical (unpaired) electrons. The molecule has 0 saturated carbocycles. The third kappa shape index (κ3) is 4.48. The maximum atomic E-state index is 13.0. The van der Waals surface area contributed by atoms with Gasteiger partial charge in [0.15, 0.2) is 0 Å². The van der Waals surface area contributed by atoms with Crippen LogP contribution in [0.3, 0.4) is 0 Å². The molecular formula is C21H22FNO3. The monoisotopic (exact) mass is 355 g/mol. The molecule has 1 aliphatic rings. The number of halogens is 1. The fraction of sp³-hybridized carbons (Fsp3) is 0.333. The first-order valence-electron chi connectivity index (χ1n) is 8.80. The first-order valence-corrected chi connectivity index (χ1v) is 8.80. The lowest BCUT2D eigenvalue weighted by molar-refractivity contribution is -0.151. The summed E-state index contributed by atoms with van der Waals surface area (Å²) in [6.45, 7) is 3.28. The molecule has 1 saturated heterocycles. The highest BCUT2D eigenvalue weighted by atomic mass is 19.1. The van der Waals surface area contributed by atoms with E-state index in [0.29, 0.717) is 31.5 Å². The van der Waals surface area contributed by atoms with Crippen molar-refractivity contribution in [3.63, 3.8) is 0 Å². The fourth-order valence-electron chi connectivity index (χ4n) is 3.05. The van der Waals surface area contributed by atoms with E-state index in [0.717, 1.165) is 5.56 Å². The Bertz CT molecular complexity index is 763. The molecule has 26 heavy (non-hydrogen) atoms. The van der Waals surface area contributed by atoms with Gasteiger partial charge in [-0.05, 0) is 49.6 Å². The van der Waals surface area contributed by atoms with Crippen molar-refractivity contribution >= 4 is 11.9 Å². The van der Waals surface area contributed by atoms with Crippen LogP contribution in [0.2, 0.25) is 0 Å². The lowest BCUT2D eigenvalue weighted by Crippen LogP contribution is -2.40. The average Bonchev–Trinajstić information content (AvgIpc) is 2.67. The number of nitrogens with zero attached hydrogens (tertiary/aromatic N) is 1. The Morgan fingerprint density at radius 1 is 1.04 bits per heavy atom. The molecule has 0 aliphatic carbocycles. The summed E-state index contributed by atoms with van der Waals surface area (Å²) in [6.07, 6.45) is 1.17. The Balaban J connectivity index is 1.48. The zero-order chi connectivity index (χ0) is 18.5. The second-order valence-electron chi connectivity index (χ2n) is 6.67. The molecule has 3 rings (SSSR count). The van der Waals surface area contributed by atoms with Crippen LogP contribution in [0, 0.1) is 18.7 Å². The molecule has 1 amide bonds. The van der Waals surface area contributed by atoms with Gasteiger partial charge in [0, 0.05) is 18.7 Å². The van der Waals surface area contributed by atoms with Crippen LogP contribution in [-0.2, 0) is 16.1 Å². The van der Waals surface area contributed by atoms with Gasteiger partial charge < -0.3 is 9.64 Å². The van der Waals surface area contributed by atoms with Crippen molar-refractivity contribution in [2.24, 2.45) is 5.92 Å². The number of ether oxygens (including phenoxy) is 1. The minimum atomic E-state index is -0.364. The first kappa shape index (κ1) is 18.1. The van der Waals surface area contributed by atoms with Crippen LogP contribution in [0.15, 0.2) is 48.5 Å². The molecule has 0 N–H and O–H groups in total. The van der Waals surface area contributed by atoms with Crippen LogP contribution in [0.1, 0.15) is 34.3 Å². The van der Waals surface area contributed by atoms with Crippen LogP contribution >= 0.6 is 0 Å². The van der Waals surface area contributed by atoms with Gasteiger partial charge in [0.25, 0.3) is 5.91 Å². The number of benzene rings is 2. The lowest BCUT2D eigenvalue weighted by Gasteiger charge is -2.31. The Kier molecular flexibility index (Phi) is 5.66. The van der Waals surface area contributed by atoms with Crippen LogP contribution in [0.25, 0.3) is 0 Å². The maximum absolute atomic E-state index is 13.0. The number of hydrogen-bond acceptors (Lipinski definition) is 3. The van der Waals surface area contributed by atoms with E-state index in [1.54, 1.807) is 4.90 Å². The Morgan fingerprint density at radius 2 is 1.65 bits per heavy atom. The van der Waals surface area contributed by atoms with E-state index in [1.165, 1.54) is 29.8 Å². The van der Waals surface area contributed by atoms with Gasteiger partial charge in [0.2, 0.25) is 0 Å². The van der Waals surface area contributed by atoms with Gasteiger partial charge >= 0.3 is 5.97 Å². The van der Waals surface area contributed by atoms with Gasteiger partial charge in [0.1, 0.15) is 12.4 Å². The molecular weight excluding hydrogens is 333 g/mol. The minimum absolute atomic E-state index is 0.128. The van der Waals surface area contributed by atoms with Crippen molar-refractivity contribution in [1.29, 1.82) is 0 Å². The summed E-state index contributed by atoms with van der Waals surface area (Å²) >= 11 is 0. The molecule has 2 aromatic carbocycles. The van der Waals surface area contributed by atoms with Crippen LogP contribution in [0.5, 0.6) is 0 Å². The number of likely N-dealkylation sites (tertiary alicyclic amines) is 1. The van der Waals surface area contributed by atoms with E-state index in [4.69, 9.17) is 4.74 Å². The molecule has 0 aromatic heterocycles. The highest BCUT2D eigenvalue weighted by molar-refractivity contribution is 5.94. The number of rotatable bonds is 4. The van der Waals surface area contributed by atoms with Crippen molar-refractivity contribution < 1.29 is 18.7 Å². The molecule has 2 aromatic rings. The third-order valence-corrected chi connectivity index (χ3v) is 4.71. The van der Waals surface area contributed by atoms with Gasteiger partial charge in [-0.3, -0.25) is 9.59 Å². The van der Waals surface area contributed by atoms with Gasteiger partial charge in [-0.1, -0.05) is 29.8 Å². The van der Waals surface area contributed by atoms with E-state index in [-0.39, 0.29) is 30.2 Å². The summed E-state index contributed by atoms with van der Waals surface area (Å²) in [4.78, 5) is 26.4. The summed E-state index contributed by atoms with van der Waals surface area (Å²) in [6, 6.07) is 13.4. The predicted molar refractivity (Wildman–Crippen MR) is 96.0 cm³/mol. The van der Waals surface area contributed by atoms with Crippen LogP contribution in [0.4, 0.5) is 4.39 Å². The van der Waals surface area contributed by atoms with Gasteiger partial charge in [-0.25, -0.2) is 4.39 Å². The second-order valence-corrected chi connectivity index (χ2v) is 6.67.